The number of benzene rings is 1. The molecule has 0 spiro atoms. The van der Waals surface area contributed by atoms with Gasteiger partial charge >= 0.3 is 0 Å². The Morgan fingerprint density at radius 1 is 1.29 bits per heavy atom. The van der Waals surface area contributed by atoms with Crippen molar-refractivity contribution in [2.75, 3.05) is 33.4 Å². The second-order valence-electron chi connectivity index (χ2n) is 6.16. The molecule has 0 saturated carbocycles. The molecule has 7 nitrogen and oxygen atoms in total. The van der Waals surface area contributed by atoms with Crippen LogP contribution in [0.5, 0.6) is 5.75 Å². The predicted octanol–water partition coefficient (Wildman–Crippen LogP) is 2.29. The van der Waals surface area contributed by atoms with Gasteiger partial charge in [0.1, 0.15) is 9.96 Å². The van der Waals surface area contributed by atoms with E-state index in [1.807, 2.05) is 0 Å². The van der Waals surface area contributed by atoms with Crippen LogP contribution in [0.2, 0.25) is 5.02 Å². The minimum Gasteiger partial charge on any atom is -0.495 e. The molecule has 2 heterocycles. The molecule has 1 saturated heterocycles. The topological polar surface area (TPSA) is 84.9 Å². The van der Waals surface area contributed by atoms with Crippen LogP contribution in [-0.4, -0.2) is 52.0 Å². The highest BCUT2D eigenvalue weighted by molar-refractivity contribution is 7.91. The highest BCUT2D eigenvalue weighted by Gasteiger charge is 2.27. The Morgan fingerprint density at radius 3 is 2.71 bits per heavy atom. The fraction of sp³-hybridized carbons (Fsp3) is 0.389. The lowest BCUT2D eigenvalue weighted by atomic mass is 10.1. The summed E-state index contributed by atoms with van der Waals surface area (Å²) in [5.74, 6) is 0.380. The number of sulfonamides is 1. The molecular formula is C18H21ClN2O5S2. The molecule has 1 aliphatic rings. The van der Waals surface area contributed by atoms with Gasteiger partial charge in [-0.05, 0) is 29.8 Å². The summed E-state index contributed by atoms with van der Waals surface area (Å²) in [7, 11) is -1.98. The third-order valence-corrected chi connectivity index (χ3v) is 7.99. The molecule has 1 fully saturated rings. The Labute approximate surface area is 173 Å². The van der Waals surface area contributed by atoms with E-state index in [1.54, 1.807) is 30.3 Å². The van der Waals surface area contributed by atoms with E-state index in [4.69, 9.17) is 21.1 Å². The largest absolute Gasteiger partial charge is 0.495 e. The molecule has 1 amide bonds. The Hall–Kier alpha value is -1.65. The quantitative estimate of drug-likeness (QED) is 0.708. The third-order valence-electron chi connectivity index (χ3n) is 4.24. The maximum absolute atomic E-state index is 12.6. The molecule has 152 valence electrons. The zero-order valence-electron chi connectivity index (χ0n) is 15.3. The zero-order valence-corrected chi connectivity index (χ0v) is 17.7. The highest BCUT2D eigenvalue weighted by atomic mass is 35.5. The van der Waals surface area contributed by atoms with Crippen molar-refractivity contribution in [2.24, 2.45) is 0 Å². The third kappa shape index (κ3) is 5.03. The van der Waals surface area contributed by atoms with Gasteiger partial charge in [-0.1, -0.05) is 17.7 Å². The van der Waals surface area contributed by atoms with Gasteiger partial charge < -0.3 is 14.8 Å². The normalized spacial score (nSPS) is 15.4. The molecule has 2 aromatic rings. The van der Waals surface area contributed by atoms with Crippen LogP contribution >= 0.6 is 22.9 Å². The van der Waals surface area contributed by atoms with Crippen LogP contribution < -0.4 is 10.1 Å². The van der Waals surface area contributed by atoms with E-state index in [9.17, 15) is 13.2 Å². The van der Waals surface area contributed by atoms with Gasteiger partial charge in [0.2, 0.25) is 5.91 Å². The molecule has 1 aromatic carbocycles. The number of halogens is 1. The fourth-order valence-electron chi connectivity index (χ4n) is 2.76. The summed E-state index contributed by atoms with van der Waals surface area (Å²) in [4.78, 5) is 13.0. The number of methoxy groups -OCH3 is 1. The first-order valence-corrected chi connectivity index (χ1v) is 11.3. The lowest BCUT2D eigenvalue weighted by molar-refractivity contribution is -0.120. The predicted molar refractivity (Wildman–Crippen MR) is 107 cm³/mol. The van der Waals surface area contributed by atoms with Crippen molar-refractivity contribution in [2.45, 2.75) is 17.2 Å². The molecule has 0 radical (unpaired) electrons. The smallest absolute Gasteiger partial charge is 0.252 e. The number of ether oxygens (including phenoxy) is 2. The summed E-state index contributed by atoms with van der Waals surface area (Å²) in [6.45, 7) is 1.80. The van der Waals surface area contributed by atoms with E-state index in [0.29, 0.717) is 37.1 Å². The first-order valence-electron chi connectivity index (χ1n) is 8.66. The SMILES string of the molecule is COc1ccc(CC(=O)NCc2ccc(S(=O)(=O)N3CCOCC3)s2)cc1Cl. The lowest BCUT2D eigenvalue weighted by Crippen LogP contribution is -2.40. The first kappa shape index (κ1) is 21.1. The van der Waals surface area contributed by atoms with Crippen molar-refractivity contribution in [1.82, 2.24) is 9.62 Å². The Morgan fingerprint density at radius 2 is 2.04 bits per heavy atom. The van der Waals surface area contributed by atoms with E-state index < -0.39 is 10.0 Å². The summed E-state index contributed by atoms with van der Waals surface area (Å²) in [6, 6.07) is 8.50. The summed E-state index contributed by atoms with van der Waals surface area (Å²) in [6.07, 6.45) is 0.175. The van der Waals surface area contributed by atoms with Gasteiger partial charge in [-0.2, -0.15) is 4.31 Å². The number of nitrogens with one attached hydrogen (secondary N) is 1. The fourth-order valence-corrected chi connectivity index (χ4v) is 5.90. The van der Waals surface area contributed by atoms with E-state index in [-0.39, 0.29) is 23.1 Å². The van der Waals surface area contributed by atoms with E-state index in [2.05, 4.69) is 5.32 Å². The van der Waals surface area contributed by atoms with Crippen LogP contribution in [0.3, 0.4) is 0 Å². The van der Waals surface area contributed by atoms with Gasteiger partial charge in [-0.15, -0.1) is 11.3 Å². The molecule has 0 aliphatic carbocycles. The van der Waals surface area contributed by atoms with Crippen LogP contribution in [-0.2, 0) is 32.5 Å². The van der Waals surface area contributed by atoms with Gasteiger partial charge in [0, 0.05) is 18.0 Å². The van der Waals surface area contributed by atoms with E-state index >= 15 is 0 Å². The summed E-state index contributed by atoms with van der Waals surface area (Å²) in [5, 5.41) is 3.26. The van der Waals surface area contributed by atoms with Crippen LogP contribution in [0.25, 0.3) is 0 Å². The number of hydrogen-bond donors (Lipinski definition) is 1. The number of hydrogen-bond acceptors (Lipinski definition) is 6. The Balaban J connectivity index is 1.56. The van der Waals surface area contributed by atoms with Crippen molar-refractivity contribution >= 4 is 38.9 Å². The summed E-state index contributed by atoms with van der Waals surface area (Å²) < 4.78 is 37.3. The number of morpholine rings is 1. The van der Waals surface area contributed by atoms with Gasteiger partial charge in [-0.25, -0.2) is 8.42 Å². The van der Waals surface area contributed by atoms with Gasteiger partial charge in [0.15, 0.2) is 0 Å². The molecule has 1 aromatic heterocycles. The standard InChI is InChI=1S/C18H21ClN2O5S2/c1-25-16-4-2-13(10-15(16)19)11-17(22)20-12-14-3-5-18(27-14)28(23,24)21-6-8-26-9-7-21/h2-5,10H,6-9,11-12H2,1H3,(H,20,22). The van der Waals surface area contributed by atoms with E-state index in [0.717, 1.165) is 10.4 Å². The number of rotatable bonds is 7. The van der Waals surface area contributed by atoms with Crippen molar-refractivity contribution < 1.29 is 22.7 Å². The van der Waals surface area contributed by atoms with Gasteiger partial charge in [0.05, 0.1) is 38.3 Å². The molecule has 3 rings (SSSR count). The number of nitrogens with zero attached hydrogens (tertiary/aromatic N) is 1. The number of thiophene rings is 1. The van der Waals surface area contributed by atoms with Crippen molar-refractivity contribution in [3.05, 3.63) is 45.8 Å². The van der Waals surface area contributed by atoms with Crippen molar-refractivity contribution in [3.8, 4) is 5.75 Å². The monoisotopic (exact) mass is 444 g/mol. The Kier molecular flexibility index (Phi) is 6.95. The molecule has 28 heavy (non-hydrogen) atoms. The molecule has 1 aliphatic heterocycles. The second-order valence-corrected chi connectivity index (χ2v) is 9.90. The van der Waals surface area contributed by atoms with Crippen LogP contribution in [0, 0.1) is 0 Å². The minimum atomic E-state index is -3.51. The number of carbonyl (C=O) groups excluding carboxylic acids is 1. The molecule has 0 unspecified atom stereocenters. The average Bonchev–Trinajstić information content (AvgIpc) is 3.17. The Bertz CT molecular complexity index is 939. The summed E-state index contributed by atoms with van der Waals surface area (Å²) in [5.41, 5.74) is 0.769. The lowest BCUT2D eigenvalue weighted by Gasteiger charge is -2.25. The average molecular weight is 445 g/mol. The highest BCUT2D eigenvalue weighted by Crippen LogP contribution is 2.26. The number of amides is 1. The maximum Gasteiger partial charge on any atom is 0.252 e. The van der Waals surface area contributed by atoms with Gasteiger partial charge in [-0.3, -0.25) is 4.79 Å². The maximum atomic E-state index is 12.6. The molecule has 10 heteroatoms. The van der Waals surface area contributed by atoms with Crippen molar-refractivity contribution in [1.29, 1.82) is 0 Å². The van der Waals surface area contributed by atoms with Crippen LogP contribution in [0.1, 0.15) is 10.4 Å². The van der Waals surface area contributed by atoms with Crippen LogP contribution in [0.15, 0.2) is 34.5 Å². The number of carbonyl (C=O) groups is 1. The van der Waals surface area contributed by atoms with Crippen molar-refractivity contribution in [3.63, 3.8) is 0 Å². The molecule has 0 bridgehead atoms. The molecule has 1 N–H and O–H groups in total. The minimum absolute atomic E-state index is 0.174. The van der Waals surface area contributed by atoms with Gasteiger partial charge in [0.25, 0.3) is 10.0 Å². The first-order chi connectivity index (χ1) is 13.4. The summed E-state index contributed by atoms with van der Waals surface area (Å²) >= 11 is 7.24. The zero-order chi connectivity index (χ0) is 20.1. The van der Waals surface area contributed by atoms with Crippen LogP contribution in [0.4, 0.5) is 0 Å². The second kappa shape index (κ2) is 9.23. The molecule has 0 atom stereocenters. The van der Waals surface area contributed by atoms with E-state index in [1.165, 1.54) is 22.8 Å². The molecular weight excluding hydrogens is 424 g/mol.